The number of hydrogen-bond donors (Lipinski definition) is 3. The Morgan fingerprint density at radius 2 is 1.89 bits per heavy atom. The number of nitriles is 1. The molecule has 0 aliphatic rings. The topological polar surface area (TPSA) is 137 Å². The molecule has 176 valence electrons. The number of ether oxygens (including phenoxy) is 1. The van der Waals surface area contributed by atoms with Gasteiger partial charge < -0.3 is 15.2 Å². The largest absolute Gasteiger partial charge is 0.439 e. The van der Waals surface area contributed by atoms with Gasteiger partial charge in [0.1, 0.15) is 22.7 Å². The average molecular weight is 488 g/mol. The van der Waals surface area contributed by atoms with Crippen molar-refractivity contribution in [3.05, 3.63) is 71.8 Å². The van der Waals surface area contributed by atoms with Gasteiger partial charge in [0.05, 0.1) is 11.5 Å². The van der Waals surface area contributed by atoms with E-state index >= 15 is 0 Å². The van der Waals surface area contributed by atoms with Gasteiger partial charge in [-0.05, 0) is 49.7 Å². The third-order valence-electron chi connectivity index (χ3n) is 5.06. The molecule has 0 atom stereocenters. The minimum Gasteiger partial charge on any atom is -0.439 e. The van der Waals surface area contributed by atoms with Crippen LogP contribution >= 0.6 is 11.3 Å². The van der Waals surface area contributed by atoms with Gasteiger partial charge in [0.15, 0.2) is 5.13 Å². The zero-order chi connectivity index (χ0) is 25.0. The summed E-state index contributed by atoms with van der Waals surface area (Å²) in [7, 11) is 0. The van der Waals surface area contributed by atoms with Gasteiger partial charge in [0, 0.05) is 23.4 Å². The molecule has 2 aromatic carbocycles. The standard InChI is InChI=1S/C25H21N5O4S/c1-25(2,14-26)16-6-3-5-15(11-16)22(33)27-17-7-4-8-18(12-17)34-21-10-9-19-23(30-21)35-24(28-19)29-20(32)13-31/h3-12,31H,13H2,1-2H3,(H,27,33)(H,28,29,32). The maximum Gasteiger partial charge on any atom is 0.255 e. The molecule has 4 rings (SSSR count). The monoisotopic (exact) mass is 487 g/mol. The van der Waals surface area contributed by atoms with Crippen molar-refractivity contribution in [2.24, 2.45) is 0 Å². The molecular weight excluding hydrogens is 466 g/mol. The van der Waals surface area contributed by atoms with Gasteiger partial charge in [-0.25, -0.2) is 9.97 Å². The molecule has 4 aromatic rings. The van der Waals surface area contributed by atoms with Crippen LogP contribution in [0.25, 0.3) is 10.3 Å². The Balaban J connectivity index is 1.48. The lowest BCUT2D eigenvalue weighted by Gasteiger charge is -2.16. The molecule has 0 fully saturated rings. The molecule has 2 aromatic heterocycles. The number of nitrogens with one attached hydrogen (secondary N) is 2. The Morgan fingerprint density at radius 1 is 1.09 bits per heavy atom. The number of amides is 2. The Bertz CT molecular complexity index is 1460. The number of carbonyl (C=O) groups is 2. The van der Waals surface area contributed by atoms with Crippen molar-refractivity contribution >= 4 is 44.3 Å². The van der Waals surface area contributed by atoms with E-state index in [9.17, 15) is 14.9 Å². The van der Waals surface area contributed by atoms with E-state index in [1.165, 1.54) is 0 Å². The Morgan fingerprint density at radius 3 is 2.66 bits per heavy atom. The summed E-state index contributed by atoms with van der Waals surface area (Å²) in [5.74, 6) is -0.0808. The van der Waals surface area contributed by atoms with Crippen molar-refractivity contribution in [2.75, 3.05) is 17.2 Å². The van der Waals surface area contributed by atoms with Crippen LogP contribution in [-0.4, -0.2) is 33.5 Å². The quantitative estimate of drug-likeness (QED) is 0.350. The molecule has 10 heteroatoms. The predicted octanol–water partition coefficient (Wildman–Crippen LogP) is 4.47. The molecule has 2 heterocycles. The highest BCUT2D eigenvalue weighted by Crippen LogP contribution is 2.29. The molecular formula is C25H21N5O4S. The molecule has 0 aliphatic heterocycles. The van der Waals surface area contributed by atoms with Crippen LogP contribution in [0.15, 0.2) is 60.7 Å². The molecule has 0 radical (unpaired) electrons. The smallest absolute Gasteiger partial charge is 0.255 e. The Hall–Kier alpha value is -4.33. The van der Waals surface area contributed by atoms with Crippen LogP contribution in [0, 0.1) is 11.3 Å². The number of pyridine rings is 1. The van der Waals surface area contributed by atoms with E-state index in [1.54, 1.807) is 68.4 Å². The summed E-state index contributed by atoms with van der Waals surface area (Å²) < 4.78 is 5.86. The second-order valence-corrected chi connectivity index (χ2v) is 9.08. The maximum absolute atomic E-state index is 12.8. The lowest BCUT2D eigenvalue weighted by molar-refractivity contribution is -0.118. The number of aliphatic hydroxyl groups excluding tert-OH is 1. The van der Waals surface area contributed by atoms with Crippen molar-refractivity contribution in [1.29, 1.82) is 5.26 Å². The zero-order valence-corrected chi connectivity index (χ0v) is 19.7. The summed E-state index contributed by atoms with van der Waals surface area (Å²) in [4.78, 5) is 33.4. The minimum atomic E-state index is -0.707. The first kappa shape index (κ1) is 23.8. The molecule has 2 amide bonds. The fraction of sp³-hybridized carbons (Fsp3) is 0.160. The fourth-order valence-electron chi connectivity index (χ4n) is 3.14. The second-order valence-electron chi connectivity index (χ2n) is 8.10. The lowest BCUT2D eigenvalue weighted by Crippen LogP contribution is -2.17. The number of carbonyl (C=O) groups excluding carboxylic acids is 2. The van der Waals surface area contributed by atoms with Gasteiger partial charge in [-0.15, -0.1) is 0 Å². The summed E-state index contributed by atoms with van der Waals surface area (Å²) >= 11 is 1.16. The van der Waals surface area contributed by atoms with Crippen molar-refractivity contribution in [1.82, 2.24) is 9.97 Å². The summed E-state index contributed by atoms with van der Waals surface area (Å²) in [5, 5.41) is 23.9. The van der Waals surface area contributed by atoms with Crippen LogP contribution in [-0.2, 0) is 10.2 Å². The third-order valence-corrected chi connectivity index (χ3v) is 5.94. The van der Waals surface area contributed by atoms with Gasteiger partial charge >= 0.3 is 0 Å². The fourth-order valence-corrected chi connectivity index (χ4v) is 3.99. The summed E-state index contributed by atoms with van der Waals surface area (Å²) in [5.41, 5.74) is 1.61. The van der Waals surface area contributed by atoms with Gasteiger partial charge in [-0.2, -0.15) is 5.26 Å². The van der Waals surface area contributed by atoms with Crippen molar-refractivity contribution in [3.8, 4) is 17.7 Å². The first-order valence-corrected chi connectivity index (χ1v) is 11.4. The van der Waals surface area contributed by atoms with E-state index < -0.39 is 17.9 Å². The molecule has 0 spiro atoms. The SMILES string of the molecule is CC(C)(C#N)c1cccc(C(=O)Nc2cccc(Oc3ccc4nc(NC(=O)CO)sc4n3)c2)c1. The van der Waals surface area contributed by atoms with E-state index in [4.69, 9.17) is 9.84 Å². The Labute approximate surface area is 205 Å². The average Bonchev–Trinajstić information content (AvgIpc) is 3.25. The maximum atomic E-state index is 12.8. The van der Waals surface area contributed by atoms with Gasteiger partial charge in [0.2, 0.25) is 5.88 Å². The first-order valence-electron chi connectivity index (χ1n) is 10.6. The van der Waals surface area contributed by atoms with Crippen LogP contribution in [0.3, 0.4) is 0 Å². The van der Waals surface area contributed by atoms with E-state index in [2.05, 4.69) is 26.7 Å². The highest BCUT2D eigenvalue weighted by molar-refractivity contribution is 7.21. The summed E-state index contributed by atoms with van der Waals surface area (Å²) in [6, 6.07) is 19.5. The Kier molecular flexibility index (Phi) is 6.73. The third kappa shape index (κ3) is 5.60. The molecule has 0 unspecified atom stereocenters. The van der Waals surface area contributed by atoms with E-state index in [-0.39, 0.29) is 5.91 Å². The van der Waals surface area contributed by atoms with Gasteiger partial charge in [0.25, 0.3) is 11.8 Å². The molecule has 0 saturated heterocycles. The highest BCUT2D eigenvalue weighted by atomic mass is 32.1. The second kappa shape index (κ2) is 9.89. The van der Waals surface area contributed by atoms with Crippen LogP contribution < -0.4 is 15.4 Å². The number of aromatic nitrogens is 2. The van der Waals surface area contributed by atoms with Crippen LogP contribution in [0.4, 0.5) is 10.8 Å². The minimum absolute atomic E-state index is 0.306. The predicted molar refractivity (Wildman–Crippen MR) is 133 cm³/mol. The van der Waals surface area contributed by atoms with E-state index in [0.29, 0.717) is 38.4 Å². The number of benzene rings is 2. The number of aliphatic hydroxyl groups is 1. The molecule has 0 bridgehead atoms. The normalized spacial score (nSPS) is 11.0. The first-order chi connectivity index (χ1) is 16.8. The van der Waals surface area contributed by atoms with Gasteiger partial charge in [-0.3, -0.25) is 14.9 Å². The lowest BCUT2D eigenvalue weighted by atomic mass is 9.85. The molecule has 0 aliphatic carbocycles. The zero-order valence-electron chi connectivity index (χ0n) is 18.9. The summed E-state index contributed by atoms with van der Waals surface area (Å²) in [6.45, 7) is 2.97. The number of rotatable bonds is 7. The van der Waals surface area contributed by atoms with Crippen molar-refractivity contribution in [2.45, 2.75) is 19.3 Å². The van der Waals surface area contributed by atoms with E-state index in [1.807, 2.05) is 6.07 Å². The molecule has 0 saturated carbocycles. The van der Waals surface area contributed by atoms with E-state index in [0.717, 1.165) is 16.9 Å². The van der Waals surface area contributed by atoms with Crippen LogP contribution in [0.2, 0.25) is 0 Å². The van der Waals surface area contributed by atoms with Gasteiger partial charge in [-0.1, -0.05) is 29.5 Å². The highest BCUT2D eigenvalue weighted by Gasteiger charge is 2.21. The van der Waals surface area contributed by atoms with Crippen LogP contribution in [0.5, 0.6) is 11.6 Å². The number of anilines is 2. The number of fused-ring (bicyclic) bond motifs is 1. The van der Waals surface area contributed by atoms with Crippen LogP contribution in [0.1, 0.15) is 29.8 Å². The number of hydrogen-bond acceptors (Lipinski definition) is 8. The van der Waals surface area contributed by atoms with Crippen molar-refractivity contribution in [3.63, 3.8) is 0 Å². The number of nitrogens with zero attached hydrogens (tertiary/aromatic N) is 3. The molecule has 3 N–H and O–H groups in total. The summed E-state index contributed by atoms with van der Waals surface area (Å²) in [6.07, 6.45) is 0. The molecule has 9 nitrogen and oxygen atoms in total. The number of thiazole rings is 1. The molecule has 35 heavy (non-hydrogen) atoms. The van der Waals surface area contributed by atoms with Crippen molar-refractivity contribution < 1.29 is 19.4 Å².